The fraction of sp³-hybridized carbons (Fsp3) is 0.482. The zero-order valence-electron chi connectivity index (χ0n) is 67.4. The Morgan fingerprint density at radius 1 is 0.303 bits per heavy atom. The molecule has 0 aliphatic carbocycles. The molecule has 0 bridgehead atoms. The third-order valence-corrected chi connectivity index (χ3v) is 18.1. The fourth-order valence-corrected chi connectivity index (χ4v) is 12.2. The molecule has 478 valence electrons. The molecule has 4 nitrogen and oxygen atoms in total. The van der Waals surface area contributed by atoms with Gasteiger partial charge in [-0.25, -0.2) is 18.3 Å². The van der Waals surface area contributed by atoms with Gasteiger partial charge < -0.3 is 0 Å². The van der Waals surface area contributed by atoms with Crippen LogP contribution >= 0.6 is 0 Å². The SMILES string of the molecule is Cc1ccc(-c2cc(C(C)(C)C)c(C(C)(C)C)c[n+]2C)c(C)c1.Cc1ccccc1-c1cc(C(C)(C)C)c(C(C)(C)C)c[n+]1C.[2H]C([2H])([2H])c1ccc(-c2cc(C(C)(C)C)c(C(C)(C)C)c[n+]2C)c(C)c1.[2H]C([2H])([2H])c1ccc(-c2ccc(C(C)(CC)CC)c[n+]2C)c(C)c1. The zero-order chi connectivity index (χ0) is 72.5. The Kier molecular flexibility index (Phi) is 20.1. The Bertz CT molecular complexity index is 4000. The van der Waals surface area contributed by atoms with Gasteiger partial charge in [0.1, 0.15) is 28.2 Å². The first-order chi connectivity index (χ1) is 43.2. The average molecular weight is 1210 g/mol. The maximum Gasteiger partial charge on any atom is 0.212 e. The highest BCUT2D eigenvalue weighted by molar-refractivity contribution is 5.66. The van der Waals surface area contributed by atoms with Crippen molar-refractivity contribution in [1.82, 2.24) is 0 Å². The summed E-state index contributed by atoms with van der Waals surface area (Å²) in [4.78, 5) is 0. The van der Waals surface area contributed by atoms with E-state index in [4.69, 9.17) is 8.22 Å². The topological polar surface area (TPSA) is 15.5 Å². The lowest BCUT2D eigenvalue weighted by atomic mass is 9.75. The highest BCUT2D eigenvalue weighted by Crippen LogP contribution is 2.39. The lowest BCUT2D eigenvalue weighted by Gasteiger charge is -2.29. The second-order valence-electron chi connectivity index (χ2n) is 32.2. The van der Waals surface area contributed by atoms with Gasteiger partial charge in [-0.3, -0.25) is 0 Å². The molecular formula is C85H122N4+4. The molecule has 4 aromatic heterocycles. The maximum absolute atomic E-state index is 7.63. The van der Waals surface area contributed by atoms with Crippen molar-refractivity contribution in [3.8, 4) is 45.0 Å². The van der Waals surface area contributed by atoms with Crippen LogP contribution in [-0.2, 0) is 66.1 Å². The molecule has 0 fully saturated rings. The van der Waals surface area contributed by atoms with E-state index in [2.05, 4.69) is 310 Å². The van der Waals surface area contributed by atoms with E-state index < -0.39 is 13.7 Å². The molecule has 0 atom stereocenters. The van der Waals surface area contributed by atoms with E-state index >= 15 is 0 Å². The number of pyridine rings is 4. The van der Waals surface area contributed by atoms with Gasteiger partial charge in [0.15, 0.2) is 24.8 Å². The van der Waals surface area contributed by atoms with Crippen LogP contribution in [0.3, 0.4) is 0 Å². The van der Waals surface area contributed by atoms with Gasteiger partial charge in [-0.15, -0.1) is 0 Å². The van der Waals surface area contributed by atoms with Crippen LogP contribution < -0.4 is 18.3 Å². The molecule has 0 aliphatic rings. The zero-order valence-corrected chi connectivity index (χ0v) is 61.4. The van der Waals surface area contributed by atoms with Crippen molar-refractivity contribution in [2.45, 2.75) is 244 Å². The van der Waals surface area contributed by atoms with Crippen LogP contribution in [-0.4, -0.2) is 0 Å². The number of benzene rings is 4. The molecule has 4 aromatic carbocycles. The summed E-state index contributed by atoms with van der Waals surface area (Å²) >= 11 is 0. The molecule has 4 heterocycles. The van der Waals surface area contributed by atoms with E-state index in [1.807, 2.05) is 26.0 Å². The average Bonchev–Trinajstić information content (AvgIpc) is 0.785. The summed E-state index contributed by atoms with van der Waals surface area (Å²) in [6.07, 6.45) is 11.3. The molecule has 0 saturated heterocycles. The monoisotopic (exact) mass is 1210 g/mol. The van der Waals surface area contributed by atoms with Gasteiger partial charge in [-0.05, 0) is 168 Å². The van der Waals surface area contributed by atoms with Crippen LogP contribution in [0.2, 0.25) is 0 Å². The molecule has 8 aromatic rings. The van der Waals surface area contributed by atoms with Crippen molar-refractivity contribution in [3.63, 3.8) is 0 Å². The molecule has 0 N–H and O–H groups in total. The quantitative estimate of drug-likeness (QED) is 0.141. The largest absolute Gasteiger partial charge is 0.212 e. The van der Waals surface area contributed by atoms with Crippen LogP contribution in [0.25, 0.3) is 45.0 Å². The molecule has 0 saturated carbocycles. The molecule has 89 heavy (non-hydrogen) atoms. The Balaban J connectivity index is 0.000000230. The summed E-state index contributed by atoms with van der Waals surface area (Å²) in [6.45, 7) is 54.2. The summed E-state index contributed by atoms with van der Waals surface area (Å²) in [5.74, 6) is 0. The van der Waals surface area contributed by atoms with E-state index in [0.717, 1.165) is 46.5 Å². The van der Waals surface area contributed by atoms with Gasteiger partial charge in [-0.1, -0.05) is 217 Å². The first kappa shape index (κ1) is 64.0. The van der Waals surface area contributed by atoms with Gasteiger partial charge in [-0.2, -0.15) is 0 Å². The molecular weight excluding hydrogens is 1080 g/mol. The van der Waals surface area contributed by atoms with Crippen LogP contribution in [0.1, 0.15) is 244 Å². The third kappa shape index (κ3) is 18.1. The molecule has 0 unspecified atom stereocenters. The minimum atomic E-state index is -2.07. The lowest BCUT2D eigenvalue weighted by Crippen LogP contribution is -2.36. The number of nitrogens with zero attached hydrogens (tertiary/aromatic N) is 4. The van der Waals surface area contributed by atoms with Crippen molar-refractivity contribution < 1.29 is 26.5 Å². The summed E-state index contributed by atoms with van der Waals surface area (Å²) in [5, 5.41) is 0. The molecule has 0 aliphatic heterocycles. The van der Waals surface area contributed by atoms with E-state index in [1.165, 1.54) is 78.1 Å². The Morgan fingerprint density at radius 2 is 0.596 bits per heavy atom. The maximum atomic E-state index is 7.63. The number of aromatic nitrogens is 4. The standard InChI is InChI=1S/2C22H32N.C21H30N.C20H28N/c2*1-15-10-11-17(16(2)12-15)20-13-18(21(3,4)5)19(14-23(20)9)22(6,7)8;1-15-11-9-10-12-16(15)19-13-17(20(2,3)4)18(14-22(19)8)21(5,6)7;1-7-20(5,8-2)17-10-12-19(21(6)14-17)18-11-9-15(3)13-16(18)4/h2*10-14H,1-9H3;9-14H,1-8H3;9-14H,7-8H2,1-6H3/q4*+1/i1D3;;;3D3. The Hall–Kier alpha value is -6.52. The summed E-state index contributed by atoms with van der Waals surface area (Å²) < 4.78 is 54.4. The van der Waals surface area contributed by atoms with Crippen LogP contribution in [0, 0.1) is 48.3 Å². The summed E-state index contributed by atoms with van der Waals surface area (Å²) in [5.41, 5.74) is 26.9. The van der Waals surface area contributed by atoms with Crippen molar-refractivity contribution in [3.05, 3.63) is 212 Å². The highest BCUT2D eigenvalue weighted by Gasteiger charge is 2.34. The molecule has 0 radical (unpaired) electrons. The van der Waals surface area contributed by atoms with Gasteiger partial charge in [0.05, 0.1) is 0 Å². The molecule has 8 rings (SSSR count). The van der Waals surface area contributed by atoms with Gasteiger partial charge in [0.25, 0.3) is 0 Å². The van der Waals surface area contributed by atoms with E-state index in [0.29, 0.717) is 11.1 Å². The summed E-state index contributed by atoms with van der Waals surface area (Å²) in [6, 6.07) is 37.6. The normalized spacial score (nSPS) is 13.6. The van der Waals surface area contributed by atoms with Gasteiger partial charge in [0, 0.05) is 77.0 Å². The van der Waals surface area contributed by atoms with Crippen molar-refractivity contribution in [1.29, 1.82) is 0 Å². The van der Waals surface area contributed by atoms with Gasteiger partial charge in [0.2, 0.25) is 22.8 Å². The Labute approximate surface area is 553 Å². The van der Waals surface area contributed by atoms with Crippen LogP contribution in [0.15, 0.2) is 134 Å². The minimum Gasteiger partial charge on any atom is -0.201 e. The summed E-state index contributed by atoms with van der Waals surface area (Å²) in [7, 11) is 8.44. The lowest BCUT2D eigenvalue weighted by molar-refractivity contribution is -0.661. The second kappa shape index (κ2) is 27.9. The first-order valence-corrected chi connectivity index (χ1v) is 32.7. The fourth-order valence-electron chi connectivity index (χ4n) is 12.2. The number of hydrogen-bond acceptors (Lipinski definition) is 0. The number of aryl methyl sites for hydroxylation is 11. The number of rotatable bonds is 7. The third-order valence-electron chi connectivity index (χ3n) is 18.1. The van der Waals surface area contributed by atoms with Crippen molar-refractivity contribution in [2.75, 3.05) is 0 Å². The van der Waals surface area contributed by atoms with Gasteiger partial charge >= 0.3 is 0 Å². The van der Waals surface area contributed by atoms with Crippen LogP contribution in [0.5, 0.6) is 0 Å². The van der Waals surface area contributed by atoms with E-state index in [1.54, 1.807) is 24.3 Å². The van der Waals surface area contributed by atoms with Crippen molar-refractivity contribution in [2.24, 2.45) is 28.2 Å². The first-order valence-electron chi connectivity index (χ1n) is 35.7. The highest BCUT2D eigenvalue weighted by atomic mass is 14.9. The molecule has 4 heteroatoms. The second-order valence-corrected chi connectivity index (χ2v) is 32.2. The predicted octanol–water partition coefficient (Wildman–Crippen LogP) is 20.7. The Morgan fingerprint density at radius 3 is 0.888 bits per heavy atom. The van der Waals surface area contributed by atoms with Crippen molar-refractivity contribution >= 4 is 0 Å². The van der Waals surface area contributed by atoms with Crippen LogP contribution in [0.4, 0.5) is 0 Å². The number of hydrogen-bond donors (Lipinski definition) is 0. The smallest absolute Gasteiger partial charge is 0.201 e. The minimum absolute atomic E-state index is 0.0260. The molecule has 0 amide bonds. The van der Waals surface area contributed by atoms with E-state index in [9.17, 15) is 0 Å². The van der Waals surface area contributed by atoms with E-state index in [-0.39, 0.29) is 37.9 Å². The predicted molar refractivity (Wildman–Crippen MR) is 386 cm³/mol. The molecule has 0 spiro atoms.